The van der Waals surface area contributed by atoms with Gasteiger partial charge >= 0.3 is 0 Å². The van der Waals surface area contributed by atoms with E-state index in [0.717, 1.165) is 16.8 Å². The number of nitrogens with one attached hydrogen (secondary N) is 1. The molecule has 0 saturated carbocycles. The molecule has 0 aromatic heterocycles. The fourth-order valence-electron chi connectivity index (χ4n) is 2.61. The third-order valence-electron chi connectivity index (χ3n) is 3.72. The van der Waals surface area contributed by atoms with Crippen LogP contribution < -0.4 is 11.1 Å². The maximum Gasteiger partial charge on any atom is 0.228 e. The number of fused-ring (bicyclic) bond motifs is 1. The molecule has 3 rings (SSSR count). The van der Waals surface area contributed by atoms with Crippen LogP contribution in [-0.2, 0) is 4.79 Å². The van der Waals surface area contributed by atoms with E-state index in [1.165, 1.54) is 5.56 Å². The summed E-state index contributed by atoms with van der Waals surface area (Å²) in [6.07, 6.45) is 0. The number of benzene rings is 2. The van der Waals surface area contributed by atoms with Gasteiger partial charge in [0.05, 0.1) is 12.0 Å². The molecular weight excluding hydrogens is 236 g/mol. The molecular formula is C16H16N2O. The van der Waals surface area contributed by atoms with Crippen molar-refractivity contribution in [2.24, 2.45) is 0 Å². The van der Waals surface area contributed by atoms with Crippen LogP contribution in [0.1, 0.15) is 35.6 Å². The number of nitrogen functional groups attached to an aromatic ring is 1. The minimum atomic E-state index is -0.0961. The van der Waals surface area contributed by atoms with Crippen LogP contribution in [0.5, 0.6) is 0 Å². The molecule has 0 radical (unpaired) electrons. The van der Waals surface area contributed by atoms with Crippen molar-refractivity contribution in [1.82, 2.24) is 5.32 Å². The van der Waals surface area contributed by atoms with Gasteiger partial charge in [-0.1, -0.05) is 36.4 Å². The molecule has 0 spiro atoms. The predicted molar refractivity (Wildman–Crippen MR) is 75.7 cm³/mol. The van der Waals surface area contributed by atoms with Crippen molar-refractivity contribution >= 4 is 11.6 Å². The quantitative estimate of drug-likeness (QED) is 0.766. The number of amides is 1. The van der Waals surface area contributed by atoms with E-state index in [9.17, 15) is 4.79 Å². The van der Waals surface area contributed by atoms with Crippen molar-refractivity contribution in [3.63, 3.8) is 0 Å². The molecule has 0 fully saturated rings. The zero-order valence-corrected chi connectivity index (χ0v) is 10.8. The summed E-state index contributed by atoms with van der Waals surface area (Å²) >= 11 is 0. The summed E-state index contributed by atoms with van der Waals surface area (Å²) in [6, 6.07) is 15.7. The van der Waals surface area contributed by atoms with Crippen LogP contribution in [0.4, 0.5) is 5.69 Å². The molecule has 3 N–H and O–H groups in total. The van der Waals surface area contributed by atoms with Gasteiger partial charge in [-0.15, -0.1) is 0 Å². The molecule has 0 aliphatic carbocycles. The standard InChI is InChI=1S/C16H16N2O/c1-10-13-4-2-3-5-14(13)15(18-16(10)19)11-6-8-12(17)9-7-11/h2-10,15H,17H2,1H3,(H,18,19)/t10-,15-/m1/s1. The third kappa shape index (κ3) is 1.97. The van der Waals surface area contributed by atoms with Crippen molar-refractivity contribution < 1.29 is 4.79 Å². The molecule has 1 aliphatic rings. The topological polar surface area (TPSA) is 55.1 Å². The average Bonchev–Trinajstić information content (AvgIpc) is 2.44. The van der Waals surface area contributed by atoms with Gasteiger partial charge in [0, 0.05) is 5.69 Å². The van der Waals surface area contributed by atoms with Gasteiger partial charge in [0.25, 0.3) is 0 Å². The van der Waals surface area contributed by atoms with E-state index in [1.807, 2.05) is 49.4 Å². The van der Waals surface area contributed by atoms with Crippen molar-refractivity contribution in [3.8, 4) is 0 Å². The number of nitrogens with two attached hydrogens (primary N) is 1. The molecule has 1 heterocycles. The summed E-state index contributed by atoms with van der Waals surface area (Å²) in [5.74, 6) is -0.0262. The van der Waals surface area contributed by atoms with Gasteiger partial charge in [-0.05, 0) is 35.7 Å². The molecule has 0 unspecified atom stereocenters. The summed E-state index contributed by atoms with van der Waals surface area (Å²) in [5.41, 5.74) is 9.77. The second-order valence-corrected chi connectivity index (χ2v) is 4.96. The highest BCUT2D eigenvalue weighted by molar-refractivity contribution is 5.86. The van der Waals surface area contributed by atoms with E-state index in [2.05, 4.69) is 11.4 Å². The Balaban J connectivity index is 2.10. The molecule has 3 heteroatoms. The Bertz CT molecular complexity index is 619. The van der Waals surface area contributed by atoms with Crippen LogP contribution >= 0.6 is 0 Å². The van der Waals surface area contributed by atoms with Crippen LogP contribution in [0.2, 0.25) is 0 Å². The van der Waals surface area contributed by atoms with Gasteiger partial charge in [-0.3, -0.25) is 4.79 Å². The van der Waals surface area contributed by atoms with Crippen LogP contribution in [0.15, 0.2) is 48.5 Å². The molecule has 1 amide bonds. The largest absolute Gasteiger partial charge is 0.399 e. The molecule has 2 aromatic rings. The second-order valence-electron chi connectivity index (χ2n) is 4.96. The number of anilines is 1. The highest BCUT2D eigenvalue weighted by Crippen LogP contribution is 2.34. The number of hydrogen-bond acceptors (Lipinski definition) is 2. The Kier molecular flexibility index (Phi) is 2.75. The second kappa shape index (κ2) is 4.43. The number of hydrogen-bond donors (Lipinski definition) is 2. The minimum absolute atomic E-state index is 0.0699. The maximum absolute atomic E-state index is 12.1. The Morgan fingerprint density at radius 3 is 2.32 bits per heavy atom. The van der Waals surface area contributed by atoms with Crippen LogP contribution in [0.25, 0.3) is 0 Å². The smallest absolute Gasteiger partial charge is 0.228 e. The Labute approximate surface area is 112 Å². The maximum atomic E-state index is 12.1. The number of rotatable bonds is 1. The highest BCUT2D eigenvalue weighted by atomic mass is 16.2. The molecule has 96 valence electrons. The lowest BCUT2D eigenvalue weighted by molar-refractivity contribution is -0.123. The Morgan fingerprint density at radius 2 is 1.63 bits per heavy atom. The molecule has 19 heavy (non-hydrogen) atoms. The van der Waals surface area contributed by atoms with Crippen molar-refractivity contribution in [2.75, 3.05) is 5.73 Å². The minimum Gasteiger partial charge on any atom is -0.399 e. The molecule has 3 nitrogen and oxygen atoms in total. The first-order valence-electron chi connectivity index (χ1n) is 6.41. The summed E-state index contributed by atoms with van der Waals surface area (Å²) in [5, 5.41) is 3.08. The lowest BCUT2D eigenvalue weighted by atomic mass is 9.84. The lowest BCUT2D eigenvalue weighted by Gasteiger charge is -2.30. The van der Waals surface area contributed by atoms with E-state index in [4.69, 9.17) is 5.73 Å². The Hall–Kier alpha value is -2.29. The van der Waals surface area contributed by atoms with Crippen LogP contribution in [-0.4, -0.2) is 5.91 Å². The molecule has 0 bridgehead atoms. The van der Waals surface area contributed by atoms with E-state index < -0.39 is 0 Å². The fraction of sp³-hybridized carbons (Fsp3) is 0.188. The number of carbonyl (C=O) groups excluding carboxylic acids is 1. The zero-order chi connectivity index (χ0) is 13.4. The fourth-order valence-corrected chi connectivity index (χ4v) is 2.61. The van der Waals surface area contributed by atoms with Gasteiger partial charge in [-0.25, -0.2) is 0 Å². The Morgan fingerprint density at radius 1 is 1.00 bits per heavy atom. The van der Waals surface area contributed by atoms with Crippen LogP contribution in [0, 0.1) is 0 Å². The van der Waals surface area contributed by atoms with Gasteiger partial charge in [0.15, 0.2) is 0 Å². The van der Waals surface area contributed by atoms with Crippen molar-refractivity contribution in [2.45, 2.75) is 18.9 Å². The average molecular weight is 252 g/mol. The summed E-state index contributed by atoms with van der Waals surface area (Å²) in [6.45, 7) is 1.94. The van der Waals surface area contributed by atoms with Crippen molar-refractivity contribution in [3.05, 3.63) is 65.2 Å². The van der Waals surface area contributed by atoms with Crippen LogP contribution in [0.3, 0.4) is 0 Å². The summed E-state index contributed by atoms with van der Waals surface area (Å²) < 4.78 is 0. The van der Waals surface area contributed by atoms with Crippen molar-refractivity contribution in [1.29, 1.82) is 0 Å². The first-order valence-corrected chi connectivity index (χ1v) is 6.41. The third-order valence-corrected chi connectivity index (χ3v) is 3.72. The molecule has 2 aromatic carbocycles. The van der Waals surface area contributed by atoms with E-state index in [-0.39, 0.29) is 17.9 Å². The molecule has 1 aliphatic heterocycles. The SMILES string of the molecule is C[C@H]1C(=O)N[C@H](c2ccc(N)cc2)c2ccccc21. The van der Waals surface area contributed by atoms with Gasteiger partial charge in [0.1, 0.15) is 0 Å². The summed E-state index contributed by atoms with van der Waals surface area (Å²) in [7, 11) is 0. The van der Waals surface area contributed by atoms with Gasteiger partial charge < -0.3 is 11.1 Å². The first kappa shape index (κ1) is 11.8. The van der Waals surface area contributed by atoms with E-state index >= 15 is 0 Å². The zero-order valence-electron chi connectivity index (χ0n) is 10.8. The molecule has 2 atom stereocenters. The normalized spacial score (nSPS) is 21.6. The van der Waals surface area contributed by atoms with E-state index in [0.29, 0.717) is 0 Å². The van der Waals surface area contributed by atoms with E-state index in [1.54, 1.807) is 0 Å². The summed E-state index contributed by atoms with van der Waals surface area (Å²) in [4.78, 5) is 12.1. The first-order chi connectivity index (χ1) is 9.16. The van der Waals surface area contributed by atoms with Gasteiger partial charge in [-0.2, -0.15) is 0 Å². The number of carbonyl (C=O) groups is 1. The monoisotopic (exact) mass is 252 g/mol. The van der Waals surface area contributed by atoms with Gasteiger partial charge in [0.2, 0.25) is 5.91 Å². The molecule has 0 saturated heterocycles. The lowest BCUT2D eigenvalue weighted by Crippen LogP contribution is -2.38. The highest BCUT2D eigenvalue weighted by Gasteiger charge is 2.30. The predicted octanol–water partition coefficient (Wildman–Crippen LogP) is 2.59.